The van der Waals surface area contributed by atoms with Crippen LogP contribution >= 0.6 is 0 Å². The van der Waals surface area contributed by atoms with Gasteiger partial charge in [0.1, 0.15) is 0 Å². The normalized spacial score (nSPS) is 14.5. The topological polar surface area (TPSA) is 76.3 Å². The van der Waals surface area contributed by atoms with Crippen LogP contribution in [0.1, 0.15) is 65.0 Å². The Hall–Kier alpha value is -3.28. The number of aromatic nitrogens is 2. The summed E-state index contributed by atoms with van der Waals surface area (Å²) in [4.78, 5) is 28.1. The Morgan fingerprint density at radius 1 is 1.04 bits per heavy atom. The second kappa shape index (κ2) is 7.03. The average molecular weight is 375 g/mol. The van der Waals surface area contributed by atoms with E-state index in [4.69, 9.17) is 4.42 Å². The summed E-state index contributed by atoms with van der Waals surface area (Å²) >= 11 is 0. The van der Waals surface area contributed by atoms with Crippen molar-refractivity contribution in [3.05, 3.63) is 65.0 Å². The highest BCUT2D eigenvalue weighted by atomic mass is 16.4. The van der Waals surface area contributed by atoms with Gasteiger partial charge in [-0.3, -0.25) is 9.59 Å². The summed E-state index contributed by atoms with van der Waals surface area (Å²) in [7, 11) is 0. The Labute approximate surface area is 163 Å². The van der Waals surface area contributed by atoms with Crippen molar-refractivity contribution >= 4 is 17.5 Å². The molecule has 0 bridgehead atoms. The third-order valence-corrected chi connectivity index (χ3v) is 5.40. The molecule has 2 aromatic carbocycles. The zero-order valence-electron chi connectivity index (χ0n) is 16.1. The van der Waals surface area contributed by atoms with E-state index in [1.165, 1.54) is 11.3 Å². The van der Waals surface area contributed by atoms with Gasteiger partial charge in [0.25, 0.3) is 11.8 Å². The van der Waals surface area contributed by atoms with E-state index in [9.17, 15) is 9.59 Å². The second-order valence-electron chi connectivity index (χ2n) is 6.94. The van der Waals surface area contributed by atoms with Gasteiger partial charge in [-0.15, -0.1) is 10.2 Å². The lowest BCUT2D eigenvalue weighted by Crippen LogP contribution is -2.31. The molecular formula is C22H21N3O3. The summed E-state index contributed by atoms with van der Waals surface area (Å²) in [6.07, 6.45) is 2.85. The molecule has 4 rings (SSSR count). The van der Waals surface area contributed by atoms with E-state index in [2.05, 4.69) is 24.0 Å². The summed E-state index contributed by atoms with van der Waals surface area (Å²) in [5, 5.41) is 7.61. The van der Waals surface area contributed by atoms with E-state index in [1.54, 1.807) is 18.2 Å². The summed E-state index contributed by atoms with van der Waals surface area (Å²) in [5.41, 5.74) is 3.86. The smallest absolute Gasteiger partial charge is 0.266 e. The van der Waals surface area contributed by atoms with Crippen LogP contribution in [0.3, 0.4) is 0 Å². The zero-order chi connectivity index (χ0) is 19.8. The molecule has 6 nitrogen and oxygen atoms in total. The number of anilines is 1. The number of carbonyl (C=O) groups is 2. The van der Waals surface area contributed by atoms with Gasteiger partial charge in [-0.1, -0.05) is 45.0 Å². The van der Waals surface area contributed by atoms with Crippen molar-refractivity contribution in [1.82, 2.24) is 10.2 Å². The number of nitrogens with zero attached hydrogens (tertiary/aromatic N) is 3. The zero-order valence-corrected chi connectivity index (χ0v) is 16.1. The van der Waals surface area contributed by atoms with Gasteiger partial charge in [-0.2, -0.15) is 0 Å². The number of hydrogen-bond acceptors (Lipinski definition) is 5. The van der Waals surface area contributed by atoms with Crippen molar-refractivity contribution in [1.29, 1.82) is 0 Å². The molecular weight excluding hydrogens is 354 g/mol. The lowest BCUT2D eigenvalue weighted by molar-refractivity contribution is 0.0925. The van der Waals surface area contributed by atoms with E-state index in [0.717, 1.165) is 24.0 Å². The average Bonchev–Trinajstić information content (AvgIpc) is 3.34. The van der Waals surface area contributed by atoms with Gasteiger partial charge >= 0.3 is 0 Å². The number of rotatable bonds is 5. The van der Waals surface area contributed by atoms with Crippen LogP contribution < -0.4 is 4.90 Å². The number of carbonyl (C=O) groups excluding carboxylic acids is 2. The first-order chi connectivity index (χ1) is 13.6. The van der Waals surface area contributed by atoms with Crippen LogP contribution in [-0.4, -0.2) is 22.0 Å². The summed E-state index contributed by atoms with van der Waals surface area (Å²) in [5.74, 6) is -0.210. The molecule has 1 atom stereocenters. The molecule has 1 aliphatic heterocycles. The molecule has 0 N–H and O–H groups in total. The molecule has 0 radical (unpaired) electrons. The number of imide groups is 1. The van der Waals surface area contributed by atoms with Crippen LogP contribution in [0.2, 0.25) is 0 Å². The molecule has 2 amide bonds. The minimum absolute atomic E-state index is 0.223. The van der Waals surface area contributed by atoms with Crippen LogP contribution in [0, 0.1) is 0 Å². The van der Waals surface area contributed by atoms with Crippen molar-refractivity contribution in [2.75, 3.05) is 4.90 Å². The lowest BCUT2D eigenvalue weighted by Gasteiger charge is -2.24. The van der Waals surface area contributed by atoms with Gasteiger partial charge in [0, 0.05) is 0 Å². The maximum atomic E-state index is 13.5. The highest BCUT2D eigenvalue weighted by Gasteiger charge is 2.41. The Morgan fingerprint density at radius 3 is 2.46 bits per heavy atom. The molecule has 6 heteroatoms. The molecule has 1 aromatic heterocycles. The molecule has 2 heterocycles. The molecule has 142 valence electrons. The Kier molecular flexibility index (Phi) is 4.55. The van der Waals surface area contributed by atoms with Gasteiger partial charge in [0.05, 0.1) is 22.4 Å². The third kappa shape index (κ3) is 2.64. The lowest BCUT2D eigenvalue weighted by atomic mass is 9.92. The highest BCUT2D eigenvalue weighted by Crippen LogP contribution is 2.40. The minimum atomic E-state index is -0.348. The maximum Gasteiger partial charge on any atom is 0.266 e. The number of hydrogen-bond donors (Lipinski definition) is 0. The first-order valence-electron chi connectivity index (χ1n) is 9.48. The molecule has 1 aliphatic rings. The fourth-order valence-electron chi connectivity index (χ4n) is 3.74. The predicted molar refractivity (Wildman–Crippen MR) is 105 cm³/mol. The SMILES string of the molecule is CCc1cccc(C(C)CC)c1N1C(=O)c2cccc(-c3nnco3)c2C1=O. The predicted octanol–water partition coefficient (Wildman–Crippen LogP) is 4.61. The summed E-state index contributed by atoms with van der Waals surface area (Å²) < 4.78 is 5.29. The molecule has 0 saturated heterocycles. The number of benzene rings is 2. The number of aryl methyl sites for hydroxylation is 1. The number of amides is 2. The number of para-hydroxylation sites is 1. The van der Waals surface area contributed by atoms with Crippen molar-refractivity contribution < 1.29 is 14.0 Å². The van der Waals surface area contributed by atoms with Crippen LogP contribution in [0.25, 0.3) is 11.5 Å². The monoisotopic (exact) mass is 375 g/mol. The van der Waals surface area contributed by atoms with E-state index in [1.807, 2.05) is 25.1 Å². The van der Waals surface area contributed by atoms with Crippen LogP contribution in [0.5, 0.6) is 0 Å². The fourth-order valence-corrected chi connectivity index (χ4v) is 3.74. The highest BCUT2D eigenvalue weighted by molar-refractivity contribution is 6.36. The Balaban J connectivity index is 1.92. The number of fused-ring (bicyclic) bond motifs is 1. The standard InChI is InChI=1S/C22H21N3O3/c1-4-13(3)15-9-6-8-14(5-2)19(15)25-21(26)17-11-7-10-16(18(17)22(25)27)20-24-23-12-28-20/h6-13H,4-5H2,1-3H3. The van der Waals surface area contributed by atoms with Gasteiger partial charge < -0.3 is 4.42 Å². The Bertz CT molecular complexity index is 1060. The van der Waals surface area contributed by atoms with E-state index in [0.29, 0.717) is 22.4 Å². The van der Waals surface area contributed by atoms with Crippen LogP contribution in [0.15, 0.2) is 47.2 Å². The van der Waals surface area contributed by atoms with Gasteiger partial charge in [0.15, 0.2) is 0 Å². The van der Waals surface area contributed by atoms with Crippen LogP contribution in [0.4, 0.5) is 5.69 Å². The van der Waals surface area contributed by atoms with Crippen LogP contribution in [-0.2, 0) is 6.42 Å². The molecule has 0 fully saturated rings. The third-order valence-electron chi connectivity index (χ3n) is 5.40. The summed E-state index contributed by atoms with van der Waals surface area (Å²) in [6.45, 7) is 6.24. The van der Waals surface area contributed by atoms with E-state index >= 15 is 0 Å². The van der Waals surface area contributed by atoms with Gasteiger partial charge in [-0.25, -0.2) is 4.90 Å². The minimum Gasteiger partial charge on any atom is -0.423 e. The largest absolute Gasteiger partial charge is 0.423 e. The first kappa shape index (κ1) is 18.1. The molecule has 0 saturated carbocycles. The molecule has 1 unspecified atom stereocenters. The van der Waals surface area contributed by atoms with E-state index < -0.39 is 0 Å². The first-order valence-corrected chi connectivity index (χ1v) is 9.48. The summed E-state index contributed by atoms with van der Waals surface area (Å²) in [6, 6.07) is 11.1. The molecule has 28 heavy (non-hydrogen) atoms. The molecule has 0 aliphatic carbocycles. The second-order valence-corrected chi connectivity index (χ2v) is 6.94. The molecule has 0 spiro atoms. The Morgan fingerprint density at radius 2 is 1.79 bits per heavy atom. The van der Waals surface area contributed by atoms with Gasteiger partial charge in [0.2, 0.25) is 12.3 Å². The van der Waals surface area contributed by atoms with Crippen molar-refractivity contribution in [3.63, 3.8) is 0 Å². The molecule has 3 aromatic rings. The maximum absolute atomic E-state index is 13.5. The van der Waals surface area contributed by atoms with Crippen molar-refractivity contribution in [2.24, 2.45) is 0 Å². The van der Waals surface area contributed by atoms with Gasteiger partial charge in [-0.05, 0) is 42.0 Å². The fraction of sp³-hybridized carbons (Fsp3) is 0.273. The quantitative estimate of drug-likeness (QED) is 0.609. The van der Waals surface area contributed by atoms with Crippen molar-refractivity contribution in [3.8, 4) is 11.5 Å². The van der Waals surface area contributed by atoms with Crippen molar-refractivity contribution in [2.45, 2.75) is 39.5 Å². The van der Waals surface area contributed by atoms with E-state index in [-0.39, 0.29) is 23.6 Å².